The molecule has 0 bridgehead atoms. The minimum atomic E-state index is 0.320. The Morgan fingerprint density at radius 2 is 2.29 bits per heavy atom. The fourth-order valence-corrected chi connectivity index (χ4v) is 3.66. The number of nitrogens with one attached hydrogen (secondary N) is 1. The number of hydrogen-bond donors (Lipinski definition) is 1. The van der Waals surface area contributed by atoms with Crippen molar-refractivity contribution in [2.75, 3.05) is 19.6 Å². The molecule has 1 aromatic carbocycles. The lowest BCUT2D eigenvalue weighted by Crippen LogP contribution is -2.39. The summed E-state index contributed by atoms with van der Waals surface area (Å²) < 4.78 is 7.19. The standard InChI is InChI=1S/C17H23BrN2O/c1-3-8-20(15-6-7-19-11-15)12(2)17-10-13-9-14(18)4-5-16(13)21-17/h4-5,9-10,12,15,19H,3,6-8,11H2,1-2H3. The van der Waals surface area contributed by atoms with Crippen LogP contribution >= 0.6 is 15.9 Å². The molecule has 21 heavy (non-hydrogen) atoms. The maximum absolute atomic E-state index is 6.09. The Kier molecular flexibility index (Phi) is 4.67. The number of nitrogens with zero attached hydrogens (tertiary/aromatic N) is 1. The van der Waals surface area contributed by atoms with E-state index in [9.17, 15) is 0 Å². The average Bonchev–Trinajstić information content (AvgIpc) is 3.12. The minimum absolute atomic E-state index is 0.320. The molecule has 2 unspecified atom stereocenters. The van der Waals surface area contributed by atoms with E-state index in [4.69, 9.17) is 4.42 Å². The topological polar surface area (TPSA) is 28.4 Å². The normalized spacial score (nSPS) is 20.5. The lowest BCUT2D eigenvalue weighted by atomic mass is 10.1. The number of halogens is 1. The summed E-state index contributed by atoms with van der Waals surface area (Å²) in [6.45, 7) is 7.85. The van der Waals surface area contributed by atoms with Crippen molar-refractivity contribution in [1.82, 2.24) is 10.2 Å². The zero-order valence-electron chi connectivity index (χ0n) is 12.7. The second-order valence-corrected chi connectivity index (χ2v) is 6.81. The second-order valence-electron chi connectivity index (χ2n) is 5.89. The first-order valence-corrected chi connectivity index (χ1v) is 8.63. The molecule has 1 saturated heterocycles. The molecular formula is C17H23BrN2O. The van der Waals surface area contributed by atoms with Gasteiger partial charge in [-0.05, 0) is 57.1 Å². The minimum Gasteiger partial charge on any atom is -0.459 e. The Morgan fingerprint density at radius 1 is 1.43 bits per heavy atom. The van der Waals surface area contributed by atoms with Crippen LogP contribution in [0.3, 0.4) is 0 Å². The van der Waals surface area contributed by atoms with Gasteiger partial charge in [0.2, 0.25) is 0 Å². The molecular weight excluding hydrogens is 328 g/mol. The molecule has 1 aromatic heterocycles. The summed E-state index contributed by atoms with van der Waals surface area (Å²) in [5.41, 5.74) is 0.973. The zero-order chi connectivity index (χ0) is 14.8. The summed E-state index contributed by atoms with van der Waals surface area (Å²) in [6, 6.07) is 9.33. The third-order valence-corrected chi connectivity index (χ3v) is 4.89. The average molecular weight is 351 g/mol. The quantitative estimate of drug-likeness (QED) is 0.869. The second kappa shape index (κ2) is 6.51. The molecule has 3 rings (SSSR count). The highest BCUT2D eigenvalue weighted by Gasteiger charge is 2.28. The first-order valence-electron chi connectivity index (χ1n) is 7.84. The Balaban J connectivity index is 1.87. The van der Waals surface area contributed by atoms with Crippen LogP contribution in [0.1, 0.15) is 38.5 Å². The van der Waals surface area contributed by atoms with Crippen molar-refractivity contribution in [3.8, 4) is 0 Å². The fourth-order valence-electron chi connectivity index (χ4n) is 3.28. The van der Waals surface area contributed by atoms with Gasteiger partial charge in [-0.15, -0.1) is 0 Å². The first kappa shape index (κ1) is 15.1. The summed E-state index contributed by atoms with van der Waals surface area (Å²) in [6.07, 6.45) is 2.41. The lowest BCUT2D eigenvalue weighted by molar-refractivity contribution is 0.138. The van der Waals surface area contributed by atoms with Gasteiger partial charge in [-0.3, -0.25) is 4.90 Å². The number of fused-ring (bicyclic) bond motifs is 1. The maximum Gasteiger partial charge on any atom is 0.134 e. The SMILES string of the molecule is CCCN(C1CCNC1)C(C)c1cc2cc(Br)ccc2o1. The Labute approximate surface area is 134 Å². The monoisotopic (exact) mass is 350 g/mol. The lowest BCUT2D eigenvalue weighted by Gasteiger charge is -2.32. The van der Waals surface area contributed by atoms with Crippen molar-refractivity contribution < 1.29 is 4.42 Å². The van der Waals surface area contributed by atoms with E-state index in [2.05, 4.69) is 52.1 Å². The van der Waals surface area contributed by atoms with Gasteiger partial charge in [0.05, 0.1) is 6.04 Å². The van der Waals surface area contributed by atoms with E-state index in [0.717, 1.165) is 35.5 Å². The molecule has 2 atom stereocenters. The molecule has 0 amide bonds. The van der Waals surface area contributed by atoms with Crippen molar-refractivity contribution in [3.63, 3.8) is 0 Å². The summed E-state index contributed by atoms with van der Waals surface area (Å²) in [5.74, 6) is 1.07. The maximum atomic E-state index is 6.09. The van der Waals surface area contributed by atoms with Gasteiger partial charge in [-0.1, -0.05) is 22.9 Å². The molecule has 1 fully saturated rings. The molecule has 4 heteroatoms. The molecule has 0 saturated carbocycles. The van der Waals surface area contributed by atoms with E-state index in [1.54, 1.807) is 0 Å². The molecule has 114 valence electrons. The van der Waals surface area contributed by atoms with E-state index in [1.165, 1.54) is 18.2 Å². The predicted octanol–water partition coefficient (Wildman–Crippen LogP) is 4.33. The summed E-state index contributed by atoms with van der Waals surface area (Å²) in [5, 5.41) is 4.65. The third-order valence-electron chi connectivity index (χ3n) is 4.39. The Morgan fingerprint density at radius 3 is 3.00 bits per heavy atom. The van der Waals surface area contributed by atoms with E-state index >= 15 is 0 Å². The van der Waals surface area contributed by atoms with Gasteiger partial charge in [-0.2, -0.15) is 0 Å². The molecule has 0 spiro atoms. The molecule has 0 radical (unpaired) electrons. The summed E-state index contributed by atoms with van der Waals surface area (Å²) >= 11 is 3.53. The van der Waals surface area contributed by atoms with Crippen molar-refractivity contribution in [1.29, 1.82) is 0 Å². The highest BCUT2D eigenvalue weighted by molar-refractivity contribution is 9.10. The van der Waals surface area contributed by atoms with Gasteiger partial charge in [0.25, 0.3) is 0 Å². The van der Waals surface area contributed by atoms with Crippen molar-refractivity contribution in [2.45, 2.75) is 38.8 Å². The first-order chi connectivity index (χ1) is 10.2. The number of rotatable bonds is 5. The van der Waals surface area contributed by atoms with Crippen LogP contribution in [0.25, 0.3) is 11.0 Å². The predicted molar refractivity (Wildman–Crippen MR) is 90.6 cm³/mol. The van der Waals surface area contributed by atoms with Gasteiger partial charge in [0.15, 0.2) is 0 Å². The van der Waals surface area contributed by atoms with Crippen LogP contribution in [-0.2, 0) is 0 Å². The highest BCUT2D eigenvalue weighted by Crippen LogP contribution is 2.31. The molecule has 1 aliphatic heterocycles. The van der Waals surface area contributed by atoms with Crippen molar-refractivity contribution in [2.24, 2.45) is 0 Å². The van der Waals surface area contributed by atoms with Crippen LogP contribution in [0.4, 0.5) is 0 Å². The smallest absolute Gasteiger partial charge is 0.134 e. The van der Waals surface area contributed by atoms with Gasteiger partial charge < -0.3 is 9.73 Å². The molecule has 0 aliphatic carbocycles. The molecule has 1 N–H and O–H groups in total. The number of hydrogen-bond acceptors (Lipinski definition) is 3. The highest BCUT2D eigenvalue weighted by atomic mass is 79.9. The van der Waals surface area contributed by atoms with Crippen molar-refractivity contribution >= 4 is 26.9 Å². The van der Waals surface area contributed by atoms with E-state index in [0.29, 0.717) is 12.1 Å². The summed E-state index contributed by atoms with van der Waals surface area (Å²) in [7, 11) is 0. The van der Waals surface area contributed by atoms with Gasteiger partial charge >= 0.3 is 0 Å². The molecule has 2 heterocycles. The van der Waals surface area contributed by atoms with Crippen LogP contribution in [0, 0.1) is 0 Å². The summed E-state index contributed by atoms with van der Waals surface area (Å²) in [4.78, 5) is 2.59. The number of benzene rings is 1. The van der Waals surface area contributed by atoms with E-state index in [-0.39, 0.29) is 0 Å². The van der Waals surface area contributed by atoms with Crippen LogP contribution in [0.2, 0.25) is 0 Å². The number of furan rings is 1. The zero-order valence-corrected chi connectivity index (χ0v) is 14.3. The van der Waals surface area contributed by atoms with E-state index in [1.807, 2.05) is 12.1 Å². The van der Waals surface area contributed by atoms with Crippen molar-refractivity contribution in [3.05, 3.63) is 34.5 Å². The Hall–Kier alpha value is -0.840. The van der Waals surface area contributed by atoms with Crippen LogP contribution in [0.15, 0.2) is 33.2 Å². The van der Waals surface area contributed by atoms with Crippen LogP contribution in [0.5, 0.6) is 0 Å². The van der Waals surface area contributed by atoms with E-state index < -0.39 is 0 Å². The fraction of sp³-hybridized carbons (Fsp3) is 0.529. The largest absolute Gasteiger partial charge is 0.459 e. The molecule has 2 aromatic rings. The molecule has 3 nitrogen and oxygen atoms in total. The van der Waals surface area contributed by atoms with Gasteiger partial charge in [0, 0.05) is 22.4 Å². The third kappa shape index (κ3) is 3.17. The van der Waals surface area contributed by atoms with Gasteiger partial charge in [-0.25, -0.2) is 0 Å². The van der Waals surface area contributed by atoms with Crippen LogP contribution < -0.4 is 5.32 Å². The van der Waals surface area contributed by atoms with Crippen LogP contribution in [-0.4, -0.2) is 30.6 Å². The Bertz CT molecular complexity index is 604. The van der Waals surface area contributed by atoms with Gasteiger partial charge in [0.1, 0.15) is 11.3 Å². The molecule has 1 aliphatic rings.